The van der Waals surface area contributed by atoms with E-state index in [0.717, 1.165) is 48.4 Å². The number of benzene rings is 1. The molecule has 0 radical (unpaired) electrons. The minimum absolute atomic E-state index is 0.0925. The molecule has 0 saturated carbocycles. The lowest BCUT2D eigenvalue weighted by Crippen LogP contribution is -2.30. The predicted octanol–water partition coefficient (Wildman–Crippen LogP) is 2.92. The summed E-state index contributed by atoms with van der Waals surface area (Å²) in [6, 6.07) is 6.14. The van der Waals surface area contributed by atoms with Gasteiger partial charge in [0.2, 0.25) is 17.9 Å². The van der Waals surface area contributed by atoms with Crippen molar-refractivity contribution in [2.75, 3.05) is 24.8 Å². The van der Waals surface area contributed by atoms with E-state index in [1.165, 1.54) is 17.1 Å². The molecule has 1 aliphatic rings. The standard InChI is InChI=1S/C21H24N8O2S/c1-15(17-11-24-12-25-17)29(21-26-20(27-32-21)28-8-6-23-13-28)7-2-5-22-10-16-3-4-18-19(9-16)31-14-30-18/h3-4,6,8-9,11-13,15,22H,2,5,7,10,14H2,1H3,(H,24,25). The van der Waals surface area contributed by atoms with Crippen LogP contribution < -0.4 is 19.7 Å². The Bertz CT molecular complexity index is 1130. The van der Waals surface area contributed by atoms with E-state index in [-0.39, 0.29) is 6.04 Å². The predicted molar refractivity (Wildman–Crippen MR) is 120 cm³/mol. The van der Waals surface area contributed by atoms with Gasteiger partial charge in [-0.05, 0) is 37.6 Å². The molecule has 2 N–H and O–H groups in total. The van der Waals surface area contributed by atoms with Crippen molar-refractivity contribution in [1.82, 2.24) is 34.2 Å². The van der Waals surface area contributed by atoms with Crippen LogP contribution in [-0.4, -0.2) is 48.8 Å². The summed E-state index contributed by atoms with van der Waals surface area (Å²) in [5.74, 6) is 2.25. The quantitative estimate of drug-likeness (QED) is 0.354. The van der Waals surface area contributed by atoms with Gasteiger partial charge in [-0.25, -0.2) is 9.97 Å². The molecule has 0 bridgehead atoms. The SMILES string of the molecule is CC(c1cnc[nH]1)N(CCCNCc1ccc2c(c1)OCO2)c1nc(-n2ccnc2)ns1. The average Bonchev–Trinajstić information content (AvgIpc) is 3.62. The summed E-state index contributed by atoms with van der Waals surface area (Å²) >= 11 is 1.39. The van der Waals surface area contributed by atoms with E-state index in [9.17, 15) is 0 Å². The van der Waals surface area contributed by atoms with Crippen LogP contribution in [0.5, 0.6) is 11.5 Å². The number of H-pyrrole nitrogens is 1. The summed E-state index contributed by atoms with van der Waals surface area (Å²) in [4.78, 5) is 18.5. The first-order valence-electron chi connectivity index (χ1n) is 10.4. The Morgan fingerprint density at radius 1 is 1.28 bits per heavy atom. The lowest BCUT2D eigenvalue weighted by atomic mass is 10.2. The number of rotatable bonds is 10. The number of nitrogens with one attached hydrogen (secondary N) is 2. The number of hydrogen-bond acceptors (Lipinski definition) is 9. The zero-order valence-corrected chi connectivity index (χ0v) is 18.5. The fourth-order valence-electron chi connectivity index (χ4n) is 3.58. The molecule has 10 nitrogen and oxygen atoms in total. The van der Waals surface area contributed by atoms with Crippen molar-refractivity contribution in [3.05, 3.63) is 60.7 Å². The lowest BCUT2D eigenvalue weighted by Gasteiger charge is -2.27. The Morgan fingerprint density at radius 2 is 2.22 bits per heavy atom. The first kappa shape index (κ1) is 20.5. The maximum atomic E-state index is 5.46. The fraction of sp³-hybridized carbons (Fsp3) is 0.333. The zero-order chi connectivity index (χ0) is 21.8. The fourth-order valence-corrected chi connectivity index (χ4v) is 4.36. The molecule has 1 aromatic carbocycles. The zero-order valence-electron chi connectivity index (χ0n) is 17.6. The van der Waals surface area contributed by atoms with E-state index in [4.69, 9.17) is 14.5 Å². The van der Waals surface area contributed by atoms with Crippen LogP contribution in [0.3, 0.4) is 0 Å². The average molecular weight is 453 g/mol. The summed E-state index contributed by atoms with van der Waals surface area (Å²) in [7, 11) is 0. The van der Waals surface area contributed by atoms with E-state index >= 15 is 0 Å². The Kier molecular flexibility index (Phi) is 5.99. The number of aromatic nitrogens is 6. The van der Waals surface area contributed by atoms with E-state index in [1.54, 1.807) is 18.9 Å². The van der Waals surface area contributed by atoms with Crippen molar-refractivity contribution >= 4 is 16.7 Å². The summed E-state index contributed by atoms with van der Waals surface area (Å²) in [6.07, 6.45) is 9.77. The molecular weight excluding hydrogens is 428 g/mol. The van der Waals surface area contributed by atoms with E-state index in [2.05, 4.69) is 42.5 Å². The number of ether oxygens (including phenoxy) is 2. The van der Waals surface area contributed by atoms with Crippen molar-refractivity contribution in [3.8, 4) is 17.4 Å². The summed E-state index contributed by atoms with van der Waals surface area (Å²) in [5, 5.41) is 4.38. The van der Waals surface area contributed by atoms with Gasteiger partial charge < -0.3 is 24.7 Å². The van der Waals surface area contributed by atoms with Gasteiger partial charge in [0.15, 0.2) is 11.5 Å². The molecule has 4 heterocycles. The Balaban J connectivity index is 1.20. The van der Waals surface area contributed by atoms with Crippen LogP contribution in [0.4, 0.5) is 5.13 Å². The lowest BCUT2D eigenvalue weighted by molar-refractivity contribution is 0.174. The second-order valence-electron chi connectivity index (χ2n) is 7.44. The van der Waals surface area contributed by atoms with Crippen LogP contribution in [-0.2, 0) is 6.54 Å². The molecule has 1 aliphatic heterocycles. The molecule has 1 atom stereocenters. The van der Waals surface area contributed by atoms with Crippen molar-refractivity contribution < 1.29 is 9.47 Å². The molecule has 166 valence electrons. The molecule has 4 aromatic rings. The summed E-state index contributed by atoms with van der Waals surface area (Å²) in [6.45, 7) is 4.91. The molecule has 32 heavy (non-hydrogen) atoms. The highest BCUT2D eigenvalue weighted by atomic mass is 32.1. The minimum Gasteiger partial charge on any atom is -0.454 e. The molecule has 0 fully saturated rings. The number of imidazole rings is 2. The summed E-state index contributed by atoms with van der Waals surface area (Å²) < 4.78 is 17.1. The first-order valence-corrected chi connectivity index (χ1v) is 11.2. The number of aromatic amines is 1. The third-order valence-corrected chi connectivity index (χ3v) is 6.08. The van der Waals surface area contributed by atoms with E-state index in [0.29, 0.717) is 12.7 Å². The van der Waals surface area contributed by atoms with Gasteiger partial charge in [-0.15, -0.1) is 0 Å². The first-order chi connectivity index (χ1) is 15.8. The molecule has 0 saturated heterocycles. The molecule has 1 unspecified atom stereocenters. The molecule has 5 rings (SSSR count). The van der Waals surface area contributed by atoms with Gasteiger partial charge in [0.1, 0.15) is 6.33 Å². The van der Waals surface area contributed by atoms with Crippen molar-refractivity contribution in [2.45, 2.75) is 25.9 Å². The smallest absolute Gasteiger partial charge is 0.248 e. The Morgan fingerprint density at radius 3 is 3.06 bits per heavy atom. The van der Waals surface area contributed by atoms with Crippen molar-refractivity contribution in [3.63, 3.8) is 0 Å². The highest BCUT2D eigenvalue weighted by Crippen LogP contribution is 2.32. The second-order valence-corrected chi connectivity index (χ2v) is 8.17. The maximum Gasteiger partial charge on any atom is 0.248 e. The van der Waals surface area contributed by atoms with Crippen LogP contribution in [0, 0.1) is 0 Å². The second kappa shape index (κ2) is 9.37. The van der Waals surface area contributed by atoms with Crippen LogP contribution >= 0.6 is 11.5 Å². The molecule has 0 aliphatic carbocycles. The summed E-state index contributed by atoms with van der Waals surface area (Å²) in [5.41, 5.74) is 2.21. The van der Waals surface area contributed by atoms with Crippen molar-refractivity contribution in [2.24, 2.45) is 0 Å². The third kappa shape index (κ3) is 4.43. The third-order valence-electron chi connectivity index (χ3n) is 5.34. The molecular formula is C21H24N8O2S. The number of nitrogens with zero attached hydrogens (tertiary/aromatic N) is 6. The molecule has 3 aromatic heterocycles. The Labute approximate surface area is 189 Å². The number of anilines is 1. The monoisotopic (exact) mass is 452 g/mol. The Hall–Kier alpha value is -3.44. The van der Waals surface area contributed by atoms with Crippen LogP contribution in [0.15, 0.2) is 49.4 Å². The van der Waals surface area contributed by atoms with Gasteiger partial charge in [0, 0.05) is 37.0 Å². The molecule has 0 amide bonds. The minimum atomic E-state index is 0.0925. The van der Waals surface area contributed by atoms with Crippen LogP contribution in [0.2, 0.25) is 0 Å². The van der Waals surface area contributed by atoms with Gasteiger partial charge in [0.05, 0.1) is 24.3 Å². The van der Waals surface area contributed by atoms with Crippen LogP contribution in [0.25, 0.3) is 5.95 Å². The van der Waals surface area contributed by atoms with Gasteiger partial charge in [0.25, 0.3) is 0 Å². The number of hydrogen-bond donors (Lipinski definition) is 2. The van der Waals surface area contributed by atoms with Gasteiger partial charge >= 0.3 is 0 Å². The highest BCUT2D eigenvalue weighted by Gasteiger charge is 2.21. The maximum absolute atomic E-state index is 5.46. The largest absolute Gasteiger partial charge is 0.454 e. The van der Waals surface area contributed by atoms with Crippen molar-refractivity contribution in [1.29, 1.82) is 0 Å². The highest BCUT2D eigenvalue weighted by molar-refractivity contribution is 7.09. The van der Waals surface area contributed by atoms with E-state index in [1.807, 2.05) is 29.1 Å². The van der Waals surface area contributed by atoms with Crippen LogP contribution in [0.1, 0.15) is 30.6 Å². The topological polar surface area (TPSA) is 106 Å². The van der Waals surface area contributed by atoms with Gasteiger partial charge in [-0.1, -0.05) is 6.07 Å². The molecule has 0 spiro atoms. The number of fused-ring (bicyclic) bond motifs is 1. The normalized spacial score (nSPS) is 13.4. The van der Waals surface area contributed by atoms with Gasteiger partial charge in [-0.2, -0.15) is 9.36 Å². The molecule has 11 heteroatoms. The van der Waals surface area contributed by atoms with Gasteiger partial charge in [-0.3, -0.25) is 4.57 Å². The van der Waals surface area contributed by atoms with E-state index < -0.39 is 0 Å².